The van der Waals surface area contributed by atoms with Gasteiger partial charge in [0, 0.05) is 26.4 Å². The van der Waals surface area contributed by atoms with Crippen LogP contribution >= 0.6 is 0 Å². The first-order valence-corrected chi connectivity index (χ1v) is 4.63. The van der Waals surface area contributed by atoms with Crippen LogP contribution in [-0.4, -0.2) is 37.3 Å². The van der Waals surface area contributed by atoms with Gasteiger partial charge in [-0.3, -0.25) is 0 Å². The smallest absolute Gasteiger partial charge is 0.226 e. The van der Waals surface area contributed by atoms with Gasteiger partial charge in [-0.15, -0.1) is 0 Å². The third kappa shape index (κ3) is 3.18. The van der Waals surface area contributed by atoms with Gasteiger partial charge in [0.25, 0.3) is 0 Å². The second-order valence-electron chi connectivity index (χ2n) is 3.22. The summed E-state index contributed by atoms with van der Waals surface area (Å²) in [6, 6.07) is 3.67. The molecule has 0 N–H and O–H groups in total. The van der Waals surface area contributed by atoms with Crippen LogP contribution in [0.5, 0.6) is 0 Å². The molecule has 1 rings (SSSR count). The second kappa shape index (κ2) is 5.27. The fraction of sp³-hybridized carbons (Fsp3) is 0.500. The number of methoxy groups -OCH3 is 1. The van der Waals surface area contributed by atoms with Crippen molar-refractivity contribution in [3.8, 4) is 6.07 Å². The van der Waals surface area contributed by atoms with Crippen molar-refractivity contribution in [2.24, 2.45) is 0 Å². The Morgan fingerprint density at radius 2 is 2.27 bits per heavy atom. The van der Waals surface area contributed by atoms with Gasteiger partial charge in [-0.05, 0) is 13.0 Å². The summed E-state index contributed by atoms with van der Waals surface area (Å²) in [4.78, 5) is 10.2. The van der Waals surface area contributed by atoms with E-state index in [4.69, 9.17) is 10.00 Å². The van der Waals surface area contributed by atoms with E-state index in [9.17, 15) is 0 Å². The molecule has 5 heteroatoms. The first kappa shape index (κ1) is 11.4. The van der Waals surface area contributed by atoms with Crippen molar-refractivity contribution in [3.63, 3.8) is 0 Å². The molecule has 80 valence electrons. The lowest BCUT2D eigenvalue weighted by Gasteiger charge is -2.16. The summed E-state index contributed by atoms with van der Waals surface area (Å²) in [6.07, 6.45) is 0. The van der Waals surface area contributed by atoms with Gasteiger partial charge in [0.05, 0.1) is 6.61 Å². The van der Waals surface area contributed by atoms with E-state index in [0.717, 1.165) is 5.69 Å². The van der Waals surface area contributed by atoms with Gasteiger partial charge < -0.3 is 9.64 Å². The van der Waals surface area contributed by atoms with E-state index in [1.807, 2.05) is 24.9 Å². The highest BCUT2D eigenvalue weighted by molar-refractivity contribution is 5.34. The maximum absolute atomic E-state index is 8.76. The van der Waals surface area contributed by atoms with Crippen molar-refractivity contribution in [1.29, 1.82) is 5.26 Å². The Hall–Kier alpha value is -1.67. The number of aryl methyl sites for hydroxylation is 1. The van der Waals surface area contributed by atoms with Crippen LogP contribution in [0.15, 0.2) is 6.07 Å². The molecule has 0 saturated heterocycles. The molecule has 0 aliphatic rings. The molecule has 15 heavy (non-hydrogen) atoms. The molecule has 0 saturated carbocycles. The van der Waals surface area contributed by atoms with E-state index in [1.165, 1.54) is 0 Å². The predicted octanol–water partition coefficient (Wildman–Crippen LogP) is 0.739. The number of hydrogen-bond acceptors (Lipinski definition) is 5. The highest BCUT2D eigenvalue weighted by Gasteiger charge is 2.06. The van der Waals surface area contributed by atoms with Crippen LogP contribution in [-0.2, 0) is 4.74 Å². The maximum atomic E-state index is 8.76. The number of aromatic nitrogens is 2. The Labute approximate surface area is 89.3 Å². The zero-order chi connectivity index (χ0) is 11.3. The fourth-order valence-electron chi connectivity index (χ4n) is 1.11. The number of likely N-dealkylation sites (N-methyl/N-ethyl adjacent to an activating group) is 1. The lowest BCUT2D eigenvalue weighted by Crippen LogP contribution is -2.24. The summed E-state index contributed by atoms with van der Waals surface area (Å²) in [5.41, 5.74) is 1.18. The fourth-order valence-corrected chi connectivity index (χ4v) is 1.11. The molecule has 0 atom stereocenters. The molecule has 1 aromatic rings. The normalized spacial score (nSPS) is 9.73. The van der Waals surface area contributed by atoms with Crippen molar-refractivity contribution in [2.45, 2.75) is 6.92 Å². The Bertz CT molecular complexity index is 372. The minimum atomic E-state index is 0.391. The molecule has 0 aromatic carbocycles. The summed E-state index contributed by atoms with van der Waals surface area (Å²) in [7, 11) is 3.51. The second-order valence-corrected chi connectivity index (χ2v) is 3.22. The van der Waals surface area contributed by atoms with E-state index in [-0.39, 0.29) is 0 Å². The van der Waals surface area contributed by atoms with Gasteiger partial charge in [0.1, 0.15) is 11.8 Å². The summed E-state index contributed by atoms with van der Waals surface area (Å²) >= 11 is 0. The average molecular weight is 206 g/mol. The van der Waals surface area contributed by atoms with Crippen molar-refractivity contribution in [1.82, 2.24) is 9.97 Å². The summed E-state index contributed by atoms with van der Waals surface area (Å²) in [5.74, 6) is 0.559. The van der Waals surface area contributed by atoms with Crippen LogP contribution in [0.25, 0.3) is 0 Å². The minimum absolute atomic E-state index is 0.391. The zero-order valence-electron chi connectivity index (χ0n) is 9.19. The molecule has 0 aliphatic carbocycles. The molecule has 0 fully saturated rings. The Kier molecular flexibility index (Phi) is 4.01. The highest BCUT2D eigenvalue weighted by atomic mass is 16.5. The van der Waals surface area contributed by atoms with Crippen molar-refractivity contribution in [2.75, 3.05) is 32.2 Å². The van der Waals surface area contributed by atoms with E-state index in [0.29, 0.717) is 24.8 Å². The quantitative estimate of drug-likeness (QED) is 0.727. The number of ether oxygens (including phenoxy) is 1. The van der Waals surface area contributed by atoms with E-state index in [1.54, 1.807) is 13.2 Å². The molecule has 0 unspecified atom stereocenters. The maximum Gasteiger partial charge on any atom is 0.226 e. The lowest BCUT2D eigenvalue weighted by molar-refractivity contribution is 0.206. The van der Waals surface area contributed by atoms with Crippen LogP contribution < -0.4 is 4.90 Å². The number of anilines is 1. The first-order valence-electron chi connectivity index (χ1n) is 4.63. The van der Waals surface area contributed by atoms with Gasteiger partial charge >= 0.3 is 0 Å². The third-order valence-corrected chi connectivity index (χ3v) is 1.93. The predicted molar refractivity (Wildman–Crippen MR) is 56.6 cm³/mol. The Morgan fingerprint density at radius 3 is 2.87 bits per heavy atom. The summed E-state index contributed by atoms with van der Waals surface area (Å²) in [6.45, 7) is 3.15. The van der Waals surface area contributed by atoms with Crippen LogP contribution in [0.1, 0.15) is 11.4 Å². The molecule has 0 radical (unpaired) electrons. The lowest BCUT2D eigenvalue weighted by atomic mass is 10.3. The molecule has 0 spiro atoms. The van der Waals surface area contributed by atoms with Gasteiger partial charge in [0.2, 0.25) is 5.95 Å². The van der Waals surface area contributed by atoms with Crippen LogP contribution in [0.4, 0.5) is 5.95 Å². The molecule has 1 aromatic heterocycles. The Balaban J connectivity index is 2.84. The van der Waals surface area contributed by atoms with Crippen LogP contribution in [0, 0.1) is 18.3 Å². The molecule has 0 aliphatic heterocycles. The van der Waals surface area contributed by atoms with Gasteiger partial charge in [-0.1, -0.05) is 0 Å². The van der Waals surface area contributed by atoms with E-state index in [2.05, 4.69) is 9.97 Å². The molecule has 5 nitrogen and oxygen atoms in total. The summed E-state index contributed by atoms with van der Waals surface area (Å²) in [5, 5.41) is 8.76. The van der Waals surface area contributed by atoms with Gasteiger partial charge in [-0.25, -0.2) is 9.97 Å². The van der Waals surface area contributed by atoms with Gasteiger partial charge in [0.15, 0.2) is 0 Å². The van der Waals surface area contributed by atoms with Crippen molar-refractivity contribution in [3.05, 3.63) is 17.5 Å². The molecule has 1 heterocycles. The molecular weight excluding hydrogens is 192 g/mol. The van der Waals surface area contributed by atoms with E-state index < -0.39 is 0 Å². The number of nitriles is 1. The number of nitrogens with zero attached hydrogens (tertiary/aromatic N) is 4. The van der Waals surface area contributed by atoms with Crippen molar-refractivity contribution < 1.29 is 4.74 Å². The van der Waals surface area contributed by atoms with Crippen molar-refractivity contribution >= 4 is 5.95 Å². The number of hydrogen-bond donors (Lipinski definition) is 0. The molecular formula is C10H14N4O. The van der Waals surface area contributed by atoms with Gasteiger partial charge in [-0.2, -0.15) is 5.26 Å². The molecule has 0 amide bonds. The van der Waals surface area contributed by atoms with Crippen LogP contribution in [0.3, 0.4) is 0 Å². The van der Waals surface area contributed by atoms with E-state index >= 15 is 0 Å². The zero-order valence-corrected chi connectivity index (χ0v) is 9.19. The topological polar surface area (TPSA) is 62.0 Å². The summed E-state index contributed by atoms with van der Waals surface area (Å²) < 4.78 is 4.96. The highest BCUT2D eigenvalue weighted by Crippen LogP contribution is 2.07. The standard InChI is InChI=1S/C10H14N4O/c1-8-6-9(7-11)13-10(12-8)14(2)4-5-15-3/h6H,4-5H2,1-3H3. The first-order chi connectivity index (χ1) is 7.17. The average Bonchev–Trinajstić information content (AvgIpc) is 2.24. The monoisotopic (exact) mass is 206 g/mol. The minimum Gasteiger partial charge on any atom is -0.383 e. The third-order valence-electron chi connectivity index (χ3n) is 1.93. The largest absolute Gasteiger partial charge is 0.383 e. The van der Waals surface area contributed by atoms with Crippen LogP contribution in [0.2, 0.25) is 0 Å². The molecule has 0 bridgehead atoms. The SMILES string of the molecule is COCCN(C)c1nc(C)cc(C#N)n1. The Morgan fingerprint density at radius 1 is 1.53 bits per heavy atom. The number of rotatable bonds is 4.